The van der Waals surface area contributed by atoms with E-state index in [1.807, 2.05) is 12.4 Å². The molecule has 0 N–H and O–H groups in total. The summed E-state index contributed by atoms with van der Waals surface area (Å²) in [7, 11) is 0.293. The van der Waals surface area contributed by atoms with Crippen molar-refractivity contribution in [2.45, 2.75) is 69.1 Å². The van der Waals surface area contributed by atoms with E-state index in [-0.39, 0.29) is 0 Å². The van der Waals surface area contributed by atoms with Gasteiger partial charge in [-0.1, -0.05) is 25.7 Å². The lowest BCUT2D eigenvalue weighted by Crippen LogP contribution is -2.13. The zero-order valence-electron chi connectivity index (χ0n) is 11.9. The average molecular weight is 275 g/mol. The molecule has 0 bridgehead atoms. The molecular weight excluding hydrogens is 249 g/mol. The van der Waals surface area contributed by atoms with Crippen LogP contribution in [-0.4, -0.2) is 22.5 Å². The monoisotopic (exact) mass is 275 g/mol. The van der Waals surface area contributed by atoms with Crippen LogP contribution < -0.4 is 0 Å². The Morgan fingerprint density at radius 2 is 1.42 bits per heavy atom. The van der Waals surface area contributed by atoms with Crippen molar-refractivity contribution in [3.8, 4) is 0 Å². The molecule has 1 aromatic heterocycles. The van der Waals surface area contributed by atoms with Crippen molar-refractivity contribution in [1.82, 2.24) is 4.98 Å². The van der Waals surface area contributed by atoms with Gasteiger partial charge in [-0.05, 0) is 67.3 Å². The second-order valence-electron chi connectivity index (χ2n) is 6.22. The van der Waals surface area contributed by atoms with Crippen molar-refractivity contribution in [2.24, 2.45) is 0 Å². The SMILES string of the molecule is c1cc(CCP(C2CCCC2)C2CCCC2)ccn1. The third-order valence-electron chi connectivity index (χ3n) is 5.00. The van der Waals surface area contributed by atoms with Gasteiger partial charge in [0.25, 0.3) is 0 Å². The van der Waals surface area contributed by atoms with Gasteiger partial charge in [0.1, 0.15) is 0 Å². The Hall–Kier alpha value is -0.420. The molecule has 104 valence electrons. The van der Waals surface area contributed by atoms with E-state index in [0.717, 1.165) is 11.3 Å². The Morgan fingerprint density at radius 3 is 1.95 bits per heavy atom. The summed E-state index contributed by atoms with van der Waals surface area (Å²) < 4.78 is 0. The number of aromatic nitrogens is 1. The highest BCUT2D eigenvalue weighted by molar-refractivity contribution is 7.59. The predicted octanol–water partition coefficient (Wildman–Crippen LogP) is 4.99. The Labute approximate surface area is 119 Å². The summed E-state index contributed by atoms with van der Waals surface area (Å²) in [4.78, 5) is 4.13. The van der Waals surface area contributed by atoms with E-state index >= 15 is 0 Å². The van der Waals surface area contributed by atoms with E-state index in [4.69, 9.17) is 0 Å². The van der Waals surface area contributed by atoms with Crippen LogP contribution in [0.5, 0.6) is 0 Å². The van der Waals surface area contributed by atoms with E-state index < -0.39 is 0 Å². The molecule has 0 unspecified atom stereocenters. The largest absolute Gasteiger partial charge is 0.265 e. The lowest BCUT2D eigenvalue weighted by Gasteiger charge is -2.30. The van der Waals surface area contributed by atoms with Gasteiger partial charge in [0.15, 0.2) is 0 Å². The Kier molecular flexibility index (Phi) is 4.88. The summed E-state index contributed by atoms with van der Waals surface area (Å²) >= 11 is 0. The van der Waals surface area contributed by atoms with Gasteiger partial charge in [0, 0.05) is 12.4 Å². The molecule has 2 aliphatic carbocycles. The van der Waals surface area contributed by atoms with E-state index in [2.05, 4.69) is 17.1 Å². The first kappa shape index (κ1) is 13.6. The smallest absolute Gasteiger partial charge is 0.0270 e. The molecule has 0 atom stereocenters. The molecule has 0 aromatic carbocycles. The minimum absolute atomic E-state index is 0.293. The van der Waals surface area contributed by atoms with E-state index in [9.17, 15) is 0 Å². The summed E-state index contributed by atoms with van der Waals surface area (Å²) in [6, 6.07) is 4.41. The normalized spacial score (nSPS) is 21.5. The first-order chi connectivity index (χ1) is 9.43. The van der Waals surface area contributed by atoms with Crippen LogP contribution in [0.4, 0.5) is 0 Å². The number of hydrogen-bond donors (Lipinski definition) is 0. The number of pyridine rings is 1. The lowest BCUT2D eigenvalue weighted by atomic mass is 10.2. The molecule has 1 heterocycles. The van der Waals surface area contributed by atoms with Gasteiger partial charge in [-0.15, -0.1) is 7.92 Å². The fourth-order valence-electron chi connectivity index (χ4n) is 3.94. The van der Waals surface area contributed by atoms with Gasteiger partial charge in [-0.2, -0.15) is 0 Å². The third-order valence-corrected chi connectivity index (χ3v) is 8.64. The minimum Gasteiger partial charge on any atom is -0.265 e. The van der Waals surface area contributed by atoms with Crippen molar-refractivity contribution in [3.05, 3.63) is 30.1 Å². The fraction of sp³-hybridized carbons (Fsp3) is 0.706. The van der Waals surface area contributed by atoms with Crippen LogP contribution in [-0.2, 0) is 6.42 Å². The zero-order valence-corrected chi connectivity index (χ0v) is 12.8. The highest BCUT2D eigenvalue weighted by Crippen LogP contribution is 2.57. The Balaban J connectivity index is 1.61. The molecule has 0 radical (unpaired) electrons. The molecule has 0 saturated heterocycles. The fourth-order valence-corrected chi connectivity index (χ4v) is 7.84. The van der Waals surface area contributed by atoms with E-state index in [1.165, 1.54) is 43.8 Å². The van der Waals surface area contributed by atoms with Crippen LogP contribution in [0.15, 0.2) is 24.5 Å². The number of rotatable bonds is 5. The van der Waals surface area contributed by atoms with Gasteiger partial charge in [0.2, 0.25) is 0 Å². The number of nitrogens with zero attached hydrogens (tertiary/aromatic N) is 1. The summed E-state index contributed by atoms with van der Waals surface area (Å²) in [5.41, 5.74) is 3.72. The molecule has 19 heavy (non-hydrogen) atoms. The summed E-state index contributed by atoms with van der Waals surface area (Å²) in [5, 5.41) is 0. The molecular formula is C17H26NP. The van der Waals surface area contributed by atoms with Gasteiger partial charge >= 0.3 is 0 Å². The quantitative estimate of drug-likeness (QED) is 0.690. The molecule has 2 fully saturated rings. The van der Waals surface area contributed by atoms with E-state index in [1.54, 1.807) is 25.7 Å². The molecule has 1 aromatic rings. The van der Waals surface area contributed by atoms with Crippen molar-refractivity contribution >= 4 is 7.92 Å². The van der Waals surface area contributed by atoms with Crippen LogP contribution >= 0.6 is 7.92 Å². The van der Waals surface area contributed by atoms with Crippen molar-refractivity contribution in [1.29, 1.82) is 0 Å². The summed E-state index contributed by atoms with van der Waals surface area (Å²) in [6.07, 6.45) is 18.9. The summed E-state index contributed by atoms with van der Waals surface area (Å²) in [5.74, 6) is 0. The van der Waals surface area contributed by atoms with Crippen LogP contribution in [0.1, 0.15) is 56.9 Å². The lowest BCUT2D eigenvalue weighted by molar-refractivity contribution is 0.820. The number of aryl methyl sites for hydroxylation is 1. The average Bonchev–Trinajstić information content (AvgIpc) is 3.13. The van der Waals surface area contributed by atoms with Crippen molar-refractivity contribution < 1.29 is 0 Å². The first-order valence-corrected chi connectivity index (χ1v) is 9.74. The minimum atomic E-state index is 0.293. The maximum absolute atomic E-state index is 4.13. The van der Waals surface area contributed by atoms with Crippen molar-refractivity contribution in [2.75, 3.05) is 6.16 Å². The maximum atomic E-state index is 4.13. The van der Waals surface area contributed by atoms with Gasteiger partial charge in [-0.3, -0.25) is 4.98 Å². The maximum Gasteiger partial charge on any atom is 0.0270 e. The highest BCUT2D eigenvalue weighted by atomic mass is 31.1. The van der Waals surface area contributed by atoms with Gasteiger partial charge in [0.05, 0.1) is 0 Å². The molecule has 0 spiro atoms. The Bertz CT molecular complexity index is 350. The van der Waals surface area contributed by atoms with Crippen molar-refractivity contribution in [3.63, 3.8) is 0 Å². The second-order valence-corrected chi connectivity index (χ2v) is 9.16. The van der Waals surface area contributed by atoms with Gasteiger partial charge in [-0.25, -0.2) is 0 Å². The molecule has 3 rings (SSSR count). The first-order valence-electron chi connectivity index (χ1n) is 8.08. The van der Waals surface area contributed by atoms with Crippen LogP contribution in [0.3, 0.4) is 0 Å². The zero-order chi connectivity index (χ0) is 12.9. The molecule has 2 aliphatic rings. The van der Waals surface area contributed by atoms with Gasteiger partial charge < -0.3 is 0 Å². The van der Waals surface area contributed by atoms with E-state index in [0.29, 0.717) is 7.92 Å². The predicted molar refractivity (Wildman–Crippen MR) is 84.2 cm³/mol. The molecule has 0 amide bonds. The molecule has 2 heteroatoms. The Morgan fingerprint density at radius 1 is 0.895 bits per heavy atom. The summed E-state index contributed by atoms with van der Waals surface area (Å²) in [6.45, 7) is 0. The van der Waals surface area contributed by atoms with Crippen LogP contribution in [0, 0.1) is 0 Å². The third kappa shape index (κ3) is 3.57. The molecule has 2 saturated carbocycles. The number of hydrogen-bond acceptors (Lipinski definition) is 1. The second kappa shape index (κ2) is 6.84. The van der Waals surface area contributed by atoms with Crippen LogP contribution in [0.25, 0.3) is 0 Å². The van der Waals surface area contributed by atoms with Crippen LogP contribution in [0.2, 0.25) is 0 Å². The highest BCUT2D eigenvalue weighted by Gasteiger charge is 2.32. The standard InChI is InChI=1S/C17H26NP/c1-2-6-16(5-1)19(17-7-3-4-8-17)14-11-15-9-12-18-13-10-15/h9-10,12-13,16-17H,1-8,11,14H2. The molecule has 1 nitrogen and oxygen atoms in total. The topological polar surface area (TPSA) is 12.9 Å². The molecule has 0 aliphatic heterocycles.